The number of epoxide rings is 1. The second kappa shape index (κ2) is 23.5. The van der Waals surface area contributed by atoms with E-state index < -0.39 is 0 Å². The van der Waals surface area contributed by atoms with E-state index in [1.54, 1.807) is 18.4 Å². The van der Waals surface area contributed by atoms with E-state index in [0.29, 0.717) is 63.6 Å². The second-order valence-corrected chi connectivity index (χ2v) is 17.3. The van der Waals surface area contributed by atoms with Gasteiger partial charge in [0.25, 0.3) is 0 Å². The van der Waals surface area contributed by atoms with Crippen molar-refractivity contribution in [3.63, 3.8) is 0 Å². The molecule has 6 aromatic carbocycles. The maximum Gasteiger partial charge on any atom is 0.207 e. The van der Waals surface area contributed by atoms with E-state index in [0.717, 1.165) is 96.9 Å². The maximum atomic E-state index is 6.47. The number of benzene rings is 6. The lowest BCUT2D eigenvalue weighted by Crippen LogP contribution is -2.21. The fourth-order valence-electron chi connectivity index (χ4n) is 7.36. The maximum absolute atomic E-state index is 6.47. The standard InChI is InChI=1S/C55H57N3O8S/c1-5-60-35-39(3)26-27-58(55-57-49-10-7-8-11-53(49)67-55)56-34-46-30-40(17-24-50(46)64-36-42-15-21-47(22-16-42)61-6-2)12-13-41-18-25-51(52(32-41)59-4)65-37-43-14-19-45-33-48(23-20-44(45)31-43)62-28-9-29-63-54-38-66-54/h5-8,10-11,14-25,30-34,39,54H,1-2,9,12-13,26-29,35-38H2,3-4H3/b56-34+. The Morgan fingerprint density at radius 1 is 0.761 bits per heavy atom. The summed E-state index contributed by atoms with van der Waals surface area (Å²) in [4.78, 5) is 4.95. The highest BCUT2D eigenvalue weighted by Gasteiger charge is 2.22. The summed E-state index contributed by atoms with van der Waals surface area (Å²) < 4.78 is 47.2. The molecule has 0 N–H and O–H groups in total. The molecule has 2 heterocycles. The molecule has 8 rings (SSSR count). The van der Waals surface area contributed by atoms with Gasteiger partial charge in [-0.25, -0.2) is 9.99 Å². The van der Waals surface area contributed by atoms with Crippen LogP contribution in [0.1, 0.15) is 47.6 Å². The largest absolute Gasteiger partial charge is 0.502 e. The van der Waals surface area contributed by atoms with Crippen molar-refractivity contribution in [2.75, 3.05) is 45.1 Å². The molecule has 2 atom stereocenters. The molecule has 1 saturated heterocycles. The van der Waals surface area contributed by atoms with Gasteiger partial charge >= 0.3 is 0 Å². The first kappa shape index (κ1) is 46.7. The number of ether oxygens (including phenoxy) is 8. The Morgan fingerprint density at radius 3 is 2.27 bits per heavy atom. The number of nitrogens with zero attached hydrogens (tertiary/aromatic N) is 3. The summed E-state index contributed by atoms with van der Waals surface area (Å²) in [6, 6.07) is 40.9. The SMILES string of the molecule is C=COCC(C)CCN(/N=C/c1cc(CCc2ccc(OCc3ccc4cc(OCCCOC5CO5)ccc4c3)c(OC)c2)ccc1OCc1ccc(OC=C)cc1)c1nc2ccccc2s1. The topological polar surface area (TPSA) is 106 Å². The highest BCUT2D eigenvalue weighted by atomic mass is 32.1. The third-order valence-electron chi connectivity index (χ3n) is 11.1. The third kappa shape index (κ3) is 13.6. The smallest absolute Gasteiger partial charge is 0.207 e. The van der Waals surface area contributed by atoms with Gasteiger partial charge in [-0.15, -0.1) is 0 Å². The molecule has 0 bridgehead atoms. The number of aromatic nitrogens is 1. The van der Waals surface area contributed by atoms with E-state index in [2.05, 4.69) is 80.7 Å². The van der Waals surface area contributed by atoms with Crippen LogP contribution in [0.3, 0.4) is 0 Å². The van der Waals surface area contributed by atoms with E-state index >= 15 is 0 Å². The van der Waals surface area contributed by atoms with Crippen LogP contribution in [0.25, 0.3) is 21.0 Å². The molecule has 67 heavy (non-hydrogen) atoms. The lowest BCUT2D eigenvalue weighted by molar-refractivity contribution is 0.0435. The van der Waals surface area contributed by atoms with Gasteiger partial charge < -0.3 is 37.9 Å². The zero-order valence-electron chi connectivity index (χ0n) is 38.1. The first-order chi connectivity index (χ1) is 32.9. The van der Waals surface area contributed by atoms with Gasteiger partial charge in [0, 0.05) is 18.5 Å². The van der Waals surface area contributed by atoms with Crippen LogP contribution < -0.4 is 28.7 Å². The molecule has 0 spiro atoms. The average molecular weight is 920 g/mol. The monoisotopic (exact) mass is 919 g/mol. The van der Waals surface area contributed by atoms with Crippen LogP contribution in [0.4, 0.5) is 5.13 Å². The summed E-state index contributed by atoms with van der Waals surface area (Å²) in [5.41, 5.74) is 6.15. The van der Waals surface area contributed by atoms with Gasteiger partial charge in [-0.2, -0.15) is 5.10 Å². The fourth-order valence-corrected chi connectivity index (χ4v) is 8.31. The zero-order chi connectivity index (χ0) is 46.2. The van der Waals surface area contributed by atoms with Gasteiger partial charge in [-0.1, -0.05) is 86.0 Å². The van der Waals surface area contributed by atoms with Crippen LogP contribution in [0, 0.1) is 5.92 Å². The zero-order valence-corrected chi connectivity index (χ0v) is 39.0. The summed E-state index contributed by atoms with van der Waals surface area (Å²) in [7, 11) is 1.68. The number of aryl methyl sites for hydroxylation is 2. The average Bonchev–Trinajstić information content (AvgIpc) is 4.09. The molecule has 1 aliphatic rings. The molecule has 7 aromatic rings. The number of para-hydroxylation sites is 1. The first-order valence-corrected chi connectivity index (χ1v) is 23.4. The van der Waals surface area contributed by atoms with Crippen molar-refractivity contribution in [3.8, 4) is 28.7 Å². The number of anilines is 1. The van der Waals surface area contributed by atoms with Crippen LogP contribution in [0.2, 0.25) is 0 Å². The summed E-state index contributed by atoms with van der Waals surface area (Å²) >= 11 is 1.62. The minimum Gasteiger partial charge on any atom is -0.502 e. The Hall–Kier alpha value is -6.86. The predicted molar refractivity (Wildman–Crippen MR) is 267 cm³/mol. The highest BCUT2D eigenvalue weighted by molar-refractivity contribution is 7.22. The fraction of sp³-hybridized carbons (Fsp3) is 0.273. The minimum absolute atomic E-state index is 0.0200. The van der Waals surface area contributed by atoms with Crippen LogP contribution in [-0.4, -0.2) is 57.6 Å². The molecular formula is C55H57N3O8S. The van der Waals surface area contributed by atoms with E-state index in [-0.39, 0.29) is 6.29 Å². The molecule has 12 heteroatoms. The van der Waals surface area contributed by atoms with E-state index in [9.17, 15) is 0 Å². The molecule has 1 aromatic heterocycles. The summed E-state index contributed by atoms with van der Waals surface area (Å²) in [6.45, 7) is 13.4. The lowest BCUT2D eigenvalue weighted by atomic mass is 10.0. The quantitative estimate of drug-likeness (QED) is 0.0163. The van der Waals surface area contributed by atoms with E-state index in [1.807, 2.05) is 71.9 Å². The van der Waals surface area contributed by atoms with Gasteiger partial charge in [0.05, 0.1) is 55.9 Å². The number of hydrazone groups is 1. The molecule has 0 saturated carbocycles. The normalized spacial score (nSPS) is 13.6. The van der Waals surface area contributed by atoms with Crippen LogP contribution in [0.15, 0.2) is 152 Å². The van der Waals surface area contributed by atoms with Crippen LogP contribution >= 0.6 is 11.3 Å². The Bertz CT molecular complexity index is 2720. The second-order valence-electron chi connectivity index (χ2n) is 16.3. The van der Waals surface area contributed by atoms with E-state index in [1.165, 1.54) is 12.5 Å². The Balaban J connectivity index is 0.941. The van der Waals surface area contributed by atoms with Crippen molar-refractivity contribution < 1.29 is 37.9 Å². The molecule has 346 valence electrons. The first-order valence-electron chi connectivity index (χ1n) is 22.6. The highest BCUT2D eigenvalue weighted by Crippen LogP contribution is 2.32. The number of thiazole rings is 1. The number of hydrogen-bond acceptors (Lipinski definition) is 12. The number of fused-ring (bicyclic) bond motifs is 2. The summed E-state index contributed by atoms with van der Waals surface area (Å²) in [5, 5.41) is 10.1. The molecule has 0 radical (unpaired) electrons. The van der Waals surface area contributed by atoms with Gasteiger partial charge in [-0.05, 0) is 125 Å². The van der Waals surface area contributed by atoms with Crippen molar-refractivity contribution in [3.05, 3.63) is 175 Å². The van der Waals surface area contributed by atoms with Gasteiger partial charge in [-0.3, -0.25) is 0 Å². The van der Waals surface area contributed by atoms with Crippen molar-refractivity contribution in [2.24, 2.45) is 11.0 Å². The molecule has 2 unspecified atom stereocenters. The Labute approximate surface area is 396 Å². The van der Waals surface area contributed by atoms with Crippen molar-refractivity contribution >= 4 is 43.7 Å². The van der Waals surface area contributed by atoms with Crippen LogP contribution in [-0.2, 0) is 40.3 Å². The minimum atomic E-state index is -0.0200. The lowest BCUT2D eigenvalue weighted by Gasteiger charge is -2.19. The summed E-state index contributed by atoms with van der Waals surface area (Å²) in [6.07, 6.45) is 8.00. The predicted octanol–water partition coefficient (Wildman–Crippen LogP) is 12.1. The van der Waals surface area contributed by atoms with Crippen molar-refractivity contribution in [1.82, 2.24) is 4.98 Å². The molecule has 0 amide bonds. The third-order valence-corrected chi connectivity index (χ3v) is 12.2. The van der Waals surface area contributed by atoms with Crippen molar-refractivity contribution in [1.29, 1.82) is 0 Å². The van der Waals surface area contributed by atoms with E-state index in [4.69, 9.17) is 48.0 Å². The Kier molecular flexibility index (Phi) is 16.4. The van der Waals surface area contributed by atoms with Crippen LogP contribution in [0.5, 0.6) is 28.7 Å². The van der Waals surface area contributed by atoms with Gasteiger partial charge in [0.15, 0.2) is 17.8 Å². The Morgan fingerprint density at radius 2 is 1.48 bits per heavy atom. The molecule has 1 aliphatic heterocycles. The molecule has 1 fully saturated rings. The number of hydrogen-bond donors (Lipinski definition) is 0. The van der Waals surface area contributed by atoms with Gasteiger partial charge in [0.2, 0.25) is 5.13 Å². The number of methoxy groups -OCH3 is 1. The van der Waals surface area contributed by atoms with Crippen molar-refractivity contribution in [2.45, 2.75) is 52.1 Å². The molecule has 11 nitrogen and oxygen atoms in total. The molecular weight excluding hydrogens is 863 g/mol. The van der Waals surface area contributed by atoms with Gasteiger partial charge in [0.1, 0.15) is 37.1 Å². The summed E-state index contributed by atoms with van der Waals surface area (Å²) in [5.74, 6) is 3.96. The number of rotatable bonds is 27. The molecule has 0 aliphatic carbocycles.